The van der Waals surface area contributed by atoms with Crippen molar-refractivity contribution in [2.45, 2.75) is 52.5 Å². The lowest BCUT2D eigenvalue weighted by atomic mass is 10.0. The third-order valence-corrected chi connectivity index (χ3v) is 3.62. The van der Waals surface area contributed by atoms with Crippen molar-refractivity contribution in [3.63, 3.8) is 0 Å². The maximum absolute atomic E-state index is 11.7. The Bertz CT molecular complexity index is 319. The second kappa shape index (κ2) is 7.49. The second-order valence-corrected chi connectivity index (χ2v) is 6.08. The highest BCUT2D eigenvalue weighted by molar-refractivity contribution is 7.10. The van der Waals surface area contributed by atoms with Crippen LogP contribution in [-0.2, 0) is 11.2 Å². The summed E-state index contributed by atoms with van der Waals surface area (Å²) in [5, 5.41) is 5.07. The van der Waals surface area contributed by atoms with Crippen LogP contribution in [0.15, 0.2) is 17.5 Å². The summed E-state index contributed by atoms with van der Waals surface area (Å²) in [6.07, 6.45) is 4.03. The predicted molar refractivity (Wildman–Crippen MR) is 74.3 cm³/mol. The van der Waals surface area contributed by atoms with E-state index in [0.717, 1.165) is 17.2 Å². The molecule has 3 heteroatoms. The Balaban J connectivity index is 2.17. The molecule has 1 N–H and O–H groups in total. The van der Waals surface area contributed by atoms with Gasteiger partial charge in [-0.1, -0.05) is 32.8 Å². The molecule has 1 atom stereocenters. The van der Waals surface area contributed by atoms with E-state index in [1.54, 1.807) is 11.3 Å². The maximum Gasteiger partial charge on any atom is 0.225 e. The molecule has 0 radical (unpaired) electrons. The summed E-state index contributed by atoms with van der Waals surface area (Å²) in [5.74, 6) is 0.897. The molecule has 0 aliphatic carbocycles. The average molecular weight is 253 g/mol. The van der Waals surface area contributed by atoms with Gasteiger partial charge in [0, 0.05) is 10.9 Å². The van der Waals surface area contributed by atoms with Crippen molar-refractivity contribution < 1.29 is 4.79 Å². The van der Waals surface area contributed by atoms with Crippen LogP contribution in [-0.4, -0.2) is 11.9 Å². The van der Waals surface area contributed by atoms with Crippen molar-refractivity contribution in [1.82, 2.24) is 5.32 Å². The van der Waals surface area contributed by atoms with Gasteiger partial charge in [0.15, 0.2) is 0 Å². The van der Waals surface area contributed by atoms with Crippen LogP contribution in [0.2, 0.25) is 0 Å². The van der Waals surface area contributed by atoms with E-state index in [4.69, 9.17) is 0 Å². The average Bonchev–Trinajstić information content (AvgIpc) is 2.69. The number of thiophene rings is 1. The Morgan fingerprint density at radius 3 is 2.71 bits per heavy atom. The topological polar surface area (TPSA) is 29.1 Å². The number of amides is 1. The molecule has 1 aromatic heterocycles. The number of hydrogen-bond donors (Lipinski definition) is 1. The van der Waals surface area contributed by atoms with Gasteiger partial charge in [0.2, 0.25) is 5.91 Å². The van der Waals surface area contributed by atoms with Gasteiger partial charge in [0.05, 0.1) is 6.42 Å². The van der Waals surface area contributed by atoms with Crippen molar-refractivity contribution in [2.75, 3.05) is 0 Å². The first-order chi connectivity index (χ1) is 8.08. The molecule has 0 aliphatic rings. The molecule has 96 valence electrons. The van der Waals surface area contributed by atoms with Gasteiger partial charge < -0.3 is 5.32 Å². The van der Waals surface area contributed by atoms with Crippen molar-refractivity contribution in [1.29, 1.82) is 0 Å². The van der Waals surface area contributed by atoms with E-state index in [1.807, 2.05) is 17.5 Å². The molecule has 0 spiro atoms. The third-order valence-electron chi connectivity index (χ3n) is 2.74. The van der Waals surface area contributed by atoms with E-state index >= 15 is 0 Å². The minimum absolute atomic E-state index is 0.143. The predicted octanol–water partition coefficient (Wildman–Crippen LogP) is 3.62. The molecule has 2 nitrogen and oxygen atoms in total. The first-order valence-electron chi connectivity index (χ1n) is 6.39. The van der Waals surface area contributed by atoms with E-state index in [-0.39, 0.29) is 5.91 Å². The Hall–Kier alpha value is -0.830. The van der Waals surface area contributed by atoms with Crippen molar-refractivity contribution in [3.8, 4) is 0 Å². The first kappa shape index (κ1) is 14.2. The number of carbonyl (C=O) groups excluding carboxylic acids is 1. The summed E-state index contributed by atoms with van der Waals surface area (Å²) in [5.41, 5.74) is 0. The number of hydrogen-bond acceptors (Lipinski definition) is 2. The zero-order chi connectivity index (χ0) is 12.7. The monoisotopic (exact) mass is 253 g/mol. The molecule has 0 aliphatic heterocycles. The fraction of sp³-hybridized carbons (Fsp3) is 0.643. The molecule has 0 saturated heterocycles. The summed E-state index contributed by atoms with van der Waals surface area (Å²) in [6.45, 7) is 6.56. The molecule has 0 unspecified atom stereocenters. The summed E-state index contributed by atoms with van der Waals surface area (Å²) in [6, 6.07) is 4.29. The van der Waals surface area contributed by atoms with Crippen molar-refractivity contribution in [2.24, 2.45) is 5.92 Å². The Labute approximate surface area is 108 Å². The smallest absolute Gasteiger partial charge is 0.225 e. The minimum Gasteiger partial charge on any atom is -0.353 e. The fourth-order valence-corrected chi connectivity index (χ4v) is 2.51. The molecule has 1 amide bonds. The molecule has 0 bridgehead atoms. The van der Waals surface area contributed by atoms with Crippen LogP contribution < -0.4 is 5.32 Å². The Morgan fingerprint density at radius 1 is 1.35 bits per heavy atom. The SMILES string of the molecule is CC(C)CCC[C@@H](C)NC(=O)Cc1cccs1. The summed E-state index contributed by atoms with van der Waals surface area (Å²) in [7, 11) is 0. The lowest BCUT2D eigenvalue weighted by Crippen LogP contribution is -2.33. The van der Waals surface area contributed by atoms with Crippen LogP contribution >= 0.6 is 11.3 Å². The van der Waals surface area contributed by atoms with Gasteiger partial charge >= 0.3 is 0 Å². The second-order valence-electron chi connectivity index (χ2n) is 5.05. The van der Waals surface area contributed by atoms with Crippen LogP contribution in [0.4, 0.5) is 0 Å². The molecule has 1 aromatic rings. The van der Waals surface area contributed by atoms with Crippen LogP contribution in [0, 0.1) is 5.92 Å². The largest absolute Gasteiger partial charge is 0.353 e. The molecule has 0 aromatic carbocycles. The highest BCUT2D eigenvalue weighted by atomic mass is 32.1. The first-order valence-corrected chi connectivity index (χ1v) is 7.27. The van der Waals surface area contributed by atoms with Gasteiger partial charge in [-0.15, -0.1) is 11.3 Å². The van der Waals surface area contributed by atoms with E-state index in [0.29, 0.717) is 12.5 Å². The van der Waals surface area contributed by atoms with Gasteiger partial charge in [-0.2, -0.15) is 0 Å². The Kier molecular flexibility index (Phi) is 6.27. The number of nitrogens with one attached hydrogen (secondary N) is 1. The van der Waals surface area contributed by atoms with Gasteiger partial charge in [-0.05, 0) is 30.7 Å². The molecule has 17 heavy (non-hydrogen) atoms. The highest BCUT2D eigenvalue weighted by Gasteiger charge is 2.08. The van der Waals surface area contributed by atoms with Gasteiger partial charge in [0.1, 0.15) is 0 Å². The van der Waals surface area contributed by atoms with Crippen LogP contribution in [0.3, 0.4) is 0 Å². The number of rotatable bonds is 7. The highest BCUT2D eigenvalue weighted by Crippen LogP contribution is 2.10. The van der Waals surface area contributed by atoms with Crippen LogP contribution in [0.1, 0.15) is 44.9 Å². The fourth-order valence-electron chi connectivity index (χ4n) is 1.80. The quantitative estimate of drug-likeness (QED) is 0.790. The molecule has 0 saturated carbocycles. The zero-order valence-corrected chi connectivity index (χ0v) is 11.8. The van der Waals surface area contributed by atoms with Crippen molar-refractivity contribution in [3.05, 3.63) is 22.4 Å². The molecular weight excluding hydrogens is 230 g/mol. The van der Waals surface area contributed by atoms with Crippen LogP contribution in [0.25, 0.3) is 0 Å². The van der Waals surface area contributed by atoms with Crippen molar-refractivity contribution >= 4 is 17.2 Å². The molecule has 1 heterocycles. The van der Waals surface area contributed by atoms with Gasteiger partial charge in [0.25, 0.3) is 0 Å². The normalized spacial score (nSPS) is 12.7. The van der Waals surface area contributed by atoms with E-state index in [1.165, 1.54) is 12.8 Å². The summed E-state index contributed by atoms with van der Waals surface area (Å²) in [4.78, 5) is 12.8. The lowest BCUT2D eigenvalue weighted by Gasteiger charge is -2.14. The lowest BCUT2D eigenvalue weighted by molar-refractivity contribution is -0.121. The zero-order valence-electron chi connectivity index (χ0n) is 11.0. The molecule has 1 rings (SSSR count). The molecule has 0 fully saturated rings. The van der Waals surface area contributed by atoms with E-state index < -0.39 is 0 Å². The number of carbonyl (C=O) groups is 1. The minimum atomic E-state index is 0.143. The van der Waals surface area contributed by atoms with E-state index in [9.17, 15) is 4.79 Å². The summed E-state index contributed by atoms with van der Waals surface area (Å²) >= 11 is 1.64. The maximum atomic E-state index is 11.7. The van der Waals surface area contributed by atoms with Gasteiger partial charge in [-0.3, -0.25) is 4.79 Å². The standard InChI is InChI=1S/C14H23NOS/c1-11(2)6-4-7-12(3)15-14(16)10-13-8-5-9-17-13/h5,8-9,11-12H,4,6-7,10H2,1-3H3,(H,15,16)/t12-/m1/s1. The van der Waals surface area contributed by atoms with E-state index in [2.05, 4.69) is 26.1 Å². The van der Waals surface area contributed by atoms with Gasteiger partial charge in [-0.25, -0.2) is 0 Å². The molecular formula is C14H23NOS. The third kappa shape index (κ3) is 6.47. The Morgan fingerprint density at radius 2 is 2.12 bits per heavy atom. The van der Waals surface area contributed by atoms with Crippen LogP contribution in [0.5, 0.6) is 0 Å². The summed E-state index contributed by atoms with van der Waals surface area (Å²) < 4.78 is 0.